The van der Waals surface area contributed by atoms with Gasteiger partial charge in [0.25, 0.3) is 5.91 Å². The second-order valence-corrected chi connectivity index (χ2v) is 7.27. The van der Waals surface area contributed by atoms with Crippen molar-refractivity contribution in [3.63, 3.8) is 0 Å². The van der Waals surface area contributed by atoms with E-state index < -0.39 is 0 Å². The fraction of sp³-hybridized carbons (Fsp3) is 0.304. The summed E-state index contributed by atoms with van der Waals surface area (Å²) in [7, 11) is 1.49. The summed E-state index contributed by atoms with van der Waals surface area (Å²) in [6.45, 7) is 2.09. The summed E-state index contributed by atoms with van der Waals surface area (Å²) in [4.78, 5) is 18.9. The second-order valence-electron chi connectivity index (χ2n) is 7.27. The molecule has 1 aliphatic heterocycles. The van der Waals surface area contributed by atoms with Gasteiger partial charge in [-0.1, -0.05) is 25.0 Å². The van der Waals surface area contributed by atoms with E-state index in [9.17, 15) is 4.79 Å². The lowest BCUT2D eigenvalue weighted by Gasteiger charge is -2.20. The molecule has 0 atom stereocenters. The molecule has 1 amide bonds. The molecule has 0 unspecified atom stereocenters. The average Bonchev–Trinajstić information content (AvgIpc) is 3.09. The number of rotatable bonds is 5. The smallest absolute Gasteiger partial charge is 0.261 e. The highest BCUT2D eigenvalue weighted by molar-refractivity contribution is 6.05. The predicted octanol–water partition coefficient (Wildman–Crippen LogP) is 4.18. The van der Waals surface area contributed by atoms with Gasteiger partial charge in [0.2, 0.25) is 5.88 Å². The zero-order valence-corrected chi connectivity index (χ0v) is 17.0. The average molecular weight is 403 g/mol. The quantitative estimate of drug-likeness (QED) is 0.688. The molecule has 0 saturated carbocycles. The summed E-state index contributed by atoms with van der Waals surface area (Å²) in [5.41, 5.74) is 2.82. The van der Waals surface area contributed by atoms with Crippen LogP contribution in [0.2, 0.25) is 0 Å². The normalized spacial score (nSPS) is 14.1. The molecule has 154 valence electrons. The first-order valence-electron chi connectivity index (χ1n) is 10.2. The monoisotopic (exact) mass is 403 g/mol. The largest absolute Gasteiger partial charge is 0.480 e. The number of hydrogen-bond acceptors (Lipinski definition) is 6. The third kappa shape index (κ3) is 4.56. The van der Waals surface area contributed by atoms with E-state index in [1.165, 1.54) is 32.8 Å². The molecule has 1 N–H and O–H groups in total. The molecule has 3 heterocycles. The minimum atomic E-state index is -0.269. The van der Waals surface area contributed by atoms with Crippen LogP contribution in [0, 0.1) is 0 Å². The van der Waals surface area contributed by atoms with E-state index in [-0.39, 0.29) is 5.91 Å². The number of nitrogens with zero attached hydrogens (tertiary/aromatic N) is 4. The fourth-order valence-corrected chi connectivity index (χ4v) is 3.60. The Labute approximate surface area is 176 Å². The van der Waals surface area contributed by atoms with Gasteiger partial charge < -0.3 is 15.0 Å². The van der Waals surface area contributed by atoms with Crippen molar-refractivity contribution in [3.8, 4) is 17.1 Å². The number of anilines is 2. The van der Waals surface area contributed by atoms with Crippen LogP contribution in [0.15, 0.2) is 54.7 Å². The standard InChI is InChI=1S/C23H25N5O2/c1-30-23-19(7-6-14-24-23)22(29)25-18-10-8-17(9-11-18)20-12-13-21(27-26-20)28-15-4-2-3-5-16-28/h6-14H,2-5,15-16H2,1H3,(H,25,29). The Kier molecular flexibility index (Phi) is 6.17. The zero-order valence-electron chi connectivity index (χ0n) is 17.0. The number of aromatic nitrogens is 3. The SMILES string of the molecule is COc1ncccc1C(=O)Nc1ccc(-c2ccc(N3CCCCCC3)nn2)cc1. The van der Waals surface area contributed by atoms with Crippen LogP contribution in [0.1, 0.15) is 36.0 Å². The highest BCUT2D eigenvalue weighted by atomic mass is 16.5. The lowest BCUT2D eigenvalue weighted by molar-refractivity contribution is 0.102. The maximum Gasteiger partial charge on any atom is 0.261 e. The van der Waals surface area contributed by atoms with Gasteiger partial charge >= 0.3 is 0 Å². The van der Waals surface area contributed by atoms with Crippen LogP contribution in [0.4, 0.5) is 11.5 Å². The van der Waals surface area contributed by atoms with Crippen LogP contribution in [0.3, 0.4) is 0 Å². The molecule has 1 saturated heterocycles. The Morgan fingerprint density at radius 2 is 1.73 bits per heavy atom. The first-order chi connectivity index (χ1) is 14.7. The van der Waals surface area contributed by atoms with Gasteiger partial charge in [0.05, 0.1) is 12.8 Å². The number of pyridine rings is 1. The Hall–Kier alpha value is -3.48. The number of nitrogens with one attached hydrogen (secondary N) is 1. The molecular weight excluding hydrogens is 378 g/mol. The molecule has 0 radical (unpaired) electrons. The zero-order chi connectivity index (χ0) is 20.8. The molecule has 7 heteroatoms. The number of benzene rings is 1. The second kappa shape index (κ2) is 9.35. The lowest BCUT2D eigenvalue weighted by Crippen LogP contribution is -2.25. The van der Waals surface area contributed by atoms with Crippen LogP contribution in [-0.4, -0.2) is 41.3 Å². The van der Waals surface area contributed by atoms with Gasteiger partial charge in [-0.15, -0.1) is 10.2 Å². The first-order valence-corrected chi connectivity index (χ1v) is 10.2. The maximum atomic E-state index is 12.5. The van der Waals surface area contributed by atoms with Gasteiger partial charge in [-0.3, -0.25) is 4.79 Å². The molecule has 2 aromatic heterocycles. The van der Waals surface area contributed by atoms with Crippen molar-refractivity contribution in [2.75, 3.05) is 30.4 Å². The number of ether oxygens (including phenoxy) is 1. The van der Waals surface area contributed by atoms with E-state index >= 15 is 0 Å². The number of methoxy groups -OCH3 is 1. The van der Waals surface area contributed by atoms with Gasteiger partial charge in [-0.05, 0) is 49.2 Å². The molecule has 0 aliphatic carbocycles. The van der Waals surface area contributed by atoms with Gasteiger partial charge in [0.1, 0.15) is 5.56 Å². The summed E-state index contributed by atoms with van der Waals surface area (Å²) < 4.78 is 5.15. The van der Waals surface area contributed by atoms with Gasteiger partial charge in [-0.25, -0.2) is 4.98 Å². The molecule has 3 aromatic rings. The van der Waals surface area contributed by atoms with E-state index in [1.807, 2.05) is 36.4 Å². The van der Waals surface area contributed by atoms with Crippen molar-refractivity contribution in [1.82, 2.24) is 15.2 Å². The Balaban J connectivity index is 1.43. The van der Waals surface area contributed by atoms with Crippen molar-refractivity contribution in [2.45, 2.75) is 25.7 Å². The van der Waals surface area contributed by atoms with Gasteiger partial charge in [-0.2, -0.15) is 0 Å². The van der Waals surface area contributed by atoms with E-state index in [0.717, 1.165) is 30.2 Å². The first kappa shape index (κ1) is 19.8. The molecule has 0 bridgehead atoms. The highest BCUT2D eigenvalue weighted by Gasteiger charge is 2.14. The Morgan fingerprint density at radius 1 is 0.967 bits per heavy atom. The Bertz CT molecular complexity index is 981. The van der Waals surface area contributed by atoms with Crippen molar-refractivity contribution >= 4 is 17.4 Å². The van der Waals surface area contributed by atoms with Gasteiger partial charge in [0, 0.05) is 30.5 Å². The molecule has 1 aromatic carbocycles. The summed E-state index contributed by atoms with van der Waals surface area (Å²) in [6.07, 6.45) is 6.59. The minimum absolute atomic E-state index is 0.269. The topological polar surface area (TPSA) is 80.2 Å². The van der Waals surface area contributed by atoms with Crippen LogP contribution in [0.25, 0.3) is 11.3 Å². The summed E-state index contributed by atoms with van der Waals surface area (Å²) in [5.74, 6) is 0.968. The molecule has 1 aliphatic rings. The highest BCUT2D eigenvalue weighted by Crippen LogP contribution is 2.23. The molecule has 30 heavy (non-hydrogen) atoms. The maximum absolute atomic E-state index is 12.5. The van der Waals surface area contributed by atoms with Gasteiger partial charge in [0.15, 0.2) is 5.82 Å². The van der Waals surface area contributed by atoms with Crippen LogP contribution >= 0.6 is 0 Å². The number of hydrogen-bond donors (Lipinski definition) is 1. The van der Waals surface area contributed by atoms with Crippen molar-refractivity contribution in [1.29, 1.82) is 0 Å². The molecule has 1 fully saturated rings. The summed E-state index contributed by atoms with van der Waals surface area (Å²) in [5, 5.41) is 11.7. The number of amides is 1. The Morgan fingerprint density at radius 3 is 2.40 bits per heavy atom. The molecule has 4 rings (SSSR count). The summed E-state index contributed by atoms with van der Waals surface area (Å²) >= 11 is 0. The number of carbonyl (C=O) groups excluding carboxylic acids is 1. The fourth-order valence-electron chi connectivity index (χ4n) is 3.60. The molecule has 0 spiro atoms. The van der Waals surface area contributed by atoms with E-state index in [1.54, 1.807) is 18.3 Å². The van der Waals surface area contributed by atoms with Crippen LogP contribution in [-0.2, 0) is 0 Å². The van der Waals surface area contributed by atoms with Crippen molar-refractivity contribution in [3.05, 3.63) is 60.3 Å². The lowest BCUT2D eigenvalue weighted by atomic mass is 10.1. The van der Waals surface area contributed by atoms with E-state index in [2.05, 4.69) is 25.4 Å². The molecule has 7 nitrogen and oxygen atoms in total. The van der Waals surface area contributed by atoms with E-state index in [0.29, 0.717) is 17.1 Å². The third-order valence-corrected chi connectivity index (χ3v) is 5.23. The van der Waals surface area contributed by atoms with Crippen LogP contribution in [0.5, 0.6) is 5.88 Å². The minimum Gasteiger partial charge on any atom is -0.480 e. The third-order valence-electron chi connectivity index (χ3n) is 5.23. The summed E-state index contributed by atoms with van der Waals surface area (Å²) in [6, 6.07) is 15.0. The van der Waals surface area contributed by atoms with Crippen molar-refractivity contribution < 1.29 is 9.53 Å². The number of carbonyl (C=O) groups is 1. The molecular formula is C23H25N5O2. The van der Waals surface area contributed by atoms with Crippen LogP contribution < -0.4 is 15.0 Å². The van der Waals surface area contributed by atoms with Crippen molar-refractivity contribution in [2.24, 2.45) is 0 Å². The predicted molar refractivity (Wildman–Crippen MR) is 117 cm³/mol. The van der Waals surface area contributed by atoms with E-state index in [4.69, 9.17) is 4.74 Å².